The molecule has 2 unspecified atom stereocenters. The van der Waals surface area contributed by atoms with Crippen LogP contribution in [0.2, 0.25) is 0 Å². The van der Waals surface area contributed by atoms with Crippen LogP contribution in [0.5, 0.6) is 0 Å². The SMILES string of the molecule is Cc1ccc(C(C(=O)NC2CCCCC2)N(C(=O)C(C)NC(=O)OC(C)(C)C)C(C)(C)C)cc1C. The molecule has 1 aromatic rings. The number of carbonyl (C=O) groups is 3. The number of rotatable bonds is 6. The fourth-order valence-corrected chi connectivity index (χ4v) is 4.48. The van der Waals surface area contributed by atoms with Gasteiger partial charge >= 0.3 is 6.09 Å². The van der Waals surface area contributed by atoms with E-state index in [1.807, 2.05) is 52.8 Å². The van der Waals surface area contributed by atoms with E-state index in [1.54, 1.807) is 32.6 Å². The normalized spacial score (nSPS) is 16.7. The van der Waals surface area contributed by atoms with E-state index in [0.717, 1.165) is 42.4 Å². The van der Waals surface area contributed by atoms with Gasteiger partial charge in [-0.3, -0.25) is 9.59 Å². The van der Waals surface area contributed by atoms with Crippen molar-refractivity contribution in [3.8, 4) is 0 Å². The first-order valence-corrected chi connectivity index (χ1v) is 12.8. The number of hydrogen-bond acceptors (Lipinski definition) is 4. The van der Waals surface area contributed by atoms with E-state index in [-0.39, 0.29) is 17.9 Å². The zero-order valence-corrected chi connectivity index (χ0v) is 23.1. The van der Waals surface area contributed by atoms with Gasteiger partial charge in [-0.2, -0.15) is 0 Å². The van der Waals surface area contributed by atoms with Crippen LogP contribution in [0, 0.1) is 13.8 Å². The van der Waals surface area contributed by atoms with Crippen molar-refractivity contribution < 1.29 is 19.1 Å². The maximum atomic E-state index is 13.8. The molecule has 0 aromatic heterocycles. The Morgan fingerprint density at radius 1 is 0.971 bits per heavy atom. The second kappa shape index (κ2) is 11.4. The molecule has 1 aliphatic carbocycles. The predicted octanol–water partition coefficient (Wildman–Crippen LogP) is 5.33. The molecule has 3 amide bonds. The fourth-order valence-electron chi connectivity index (χ4n) is 4.48. The van der Waals surface area contributed by atoms with Gasteiger partial charge in [-0.05, 0) is 91.8 Å². The van der Waals surface area contributed by atoms with Gasteiger partial charge in [0.2, 0.25) is 11.8 Å². The molecule has 0 bridgehead atoms. The fraction of sp³-hybridized carbons (Fsp3) is 0.679. The summed E-state index contributed by atoms with van der Waals surface area (Å²) in [6.45, 7) is 16.7. The number of carbonyl (C=O) groups excluding carboxylic acids is 3. The highest BCUT2D eigenvalue weighted by atomic mass is 16.6. The maximum Gasteiger partial charge on any atom is 0.408 e. The highest BCUT2D eigenvalue weighted by molar-refractivity contribution is 5.92. The number of nitrogens with one attached hydrogen (secondary N) is 2. The van der Waals surface area contributed by atoms with Crippen LogP contribution in [0.1, 0.15) is 103 Å². The zero-order valence-electron chi connectivity index (χ0n) is 23.1. The van der Waals surface area contributed by atoms with E-state index < -0.39 is 29.3 Å². The van der Waals surface area contributed by atoms with Crippen molar-refractivity contribution in [1.82, 2.24) is 15.5 Å². The molecule has 2 N–H and O–H groups in total. The van der Waals surface area contributed by atoms with Crippen LogP contribution in [0.4, 0.5) is 4.79 Å². The molecule has 0 spiro atoms. The molecule has 7 nitrogen and oxygen atoms in total. The van der Waals surface area contributed by atoms with Gasteiger partial charge in [0.25, 0.3) is 0 Å². The first kappa shape index (κ1) is 28.7. The van der Waals surface area contributed by atoms with Crippen molar-refractivity contribution in [2.45, 2.75) is 124 Å². The smallest absolute Gasteiger partial charge is 0.408 e. The van der Waals surface area contributed by atoms with Crippen LogP contribution >= 0.6 is 0 Å². The second-order valence-electron chi connectivity index (χ2n) is 11.8. The lowest BCUT2D eigenvalue weighted by molar-refractivity contribution is -0.148. The third-order valence-corrected chi connectivity index (χ3v) is 6.37. The minimum absolute atomic E-state index is 0.111. The van der Waals surface area contributed by atoms with E-state index >= 15 is 0 Å². The van der Waals surface area contributed by atoms with E-state index in [2.05, 4.69) is 10.6 Å². The highest BCUT2D eigenvalue weighted by Crippen LogP contribution is 2.32. The molecule has 1 aliphatic rings. The number of ether oxygens (including phenoxy) is 1. The number of hydrogen-bond donors (Lipinski definition) is 2. The molecule has 0 aliphatic heterocycles. The first-order valence-electron chi connectivity index (χ1n) is 12.8. The summed E-state index contributed by atoms with van der Waals surface area (Å²) in [4.78, 5) is 41.6. The quantitative estimate of drug-likeness (QED) is 0.567. The third kappa shape index (κ3) is 8.25. The Morgan fingerprint density at radius 3 is 2.09 bits per heavy atom. The molecule has 1 fully saturated rings. The van der Waals surface area contributed by atoms with Gasteiger partial charge in [0.1, 0.15) is 17.7 Å². The Balaban J connectivity index is 2.43. The number of amides is 3. The second-order valence-corrected chi connectivity index (χ2v) is 11.8. The summed E-state index contributed by atoms with van der Waals surface area (Å²) in [5, 5.41) is 5.88. The zero-order chi connectivity index (χ0) is 26.6. The van der Waals surface area contributed by atoms with Gasteiger partial charge in [0.05, 0.1) is 0 Å². The largest absolute Gasteiger partial charge is 0.444 e. The Labute approximate surface area is 211 Å². The van der Waals surface area contributed by atoms with E-state index in [4.69, 9.17) is 4.74 Å². The Morgan fingerprint density at radius 2 is 1.57 bits per heavy atom. The summed E-state index contributed by atoms with van der Waals surface area (Å²) in [5.74, 6) is -0.529. The molecule has 0 heterocycles. The first-order chi connectivity index (χ1) is 16.1. The summed E-state index contributed by atoms with van der Waals surface area (Å²) in [6.07, 6.45) is 4.61. The van der Waals surface area contributed by atoms with Crippen molar-refractivity contribution >= 4 is 17.9 Å². The molecule has 7 heteroatoms. The number of aryl methyl sites for hydroxylation is 2. The molecule has 1 saturated carbocycles. The monoisotopic (exact) mass is 487 g/mol. The summed E-state index contributed by atoms with van der Waals surface area (Å²) in [5.41, 5.74) is 1.56. The molecule has 0 radical (unpaired) electrons. The lowest BCUT2D eigenvalue weighted by atomic mass is 9.92. The number of benzene rings is 1. The minimum Gasteiger partial charge on any atom is -0.444 e. The molecule has 196 valence electrons. The molecular formula is C28H45N3O4. The average molecular weight is 488 g/mol. The van der Waals surface area contributed by atoms with Crippen molar-refractivity contribution in [2.75, 3.05) is 0 Å². The lowest BCUT2D eigenvalue weighted by Crippen LogP contribution is -2.58. The van der Waals surface area contributed by atoms with Gasteiger partial charge in [-0.15, -0.1) is 0 Å². The molecule has 2 atom stereocenters. The standard InChI is InChI=1S/C28H45N3O4/c1-18-15-16-21(17-19(18)2)23(24(32)30-22-13-11-10-12-14-22)31(27(4,5)6)25(33)20(3)29-26(34)35-28(7,8)9/h15-17,20,22-23H,10-14H2,1-9H3,(H,29,34)(H,30,32). The van der Waals surface area contributed by atoms with Crippen molar-refractivity contribution in [1.29, 1.82) is 0 Å². The van der Waals surface area contributed by atoms with Crippen LogP contribution in [0.15, 0.2) is 18.2 Å². The molecule has 0 saturated heterocycles. The average Bonchev–Trinajstić information content (AvgIpc) is 2.71. The molecule has 35 heavy (non-hydrogen) atoms. The summed E-state index contributed by atoms with van der Waals surface area (Å²) in [7, 11) is 0. The molecular weight excluding hydrogens is 442 g/mol. The maximum absolute atomic E-state index is 13.8. The Kier molecular flexibility index (Phi) is 9.37. The summed E-state index contributed by atoms with van der Waals surface area (Å²) >= 11 is 0. The highest BCUT2D eigenvalue weighted by Gasteiger charge is 2.41. The van der Waals surface area contributed by atoms with Gasteiger partial charge in [0.15, 0.2) is 0 Å². The third-order valence-electron chi connectivity index (χ3n) is 6.37. The topological polar surface area (TPSA) is 87.7 Å². The van der Waals surface area contributed by atoms with Crippen LogP contribution < -0.4 is 10.6 Å². The molecule has 1 aromatic carbocycles. The lowest BCUT2D eigenvalue weighted by Gasteiger charge is -2.43. The summed E-state index contributed by atoms with van der Waals surface area (Å²) < 4.78 is 5.35. The van der Waals surface area contributed by atoms with Crippen LogP contribution in [0.3, 0.4) is 0 Å². The molecule has 2 rings (SSSR count). The van der Waals surface area contributed by atoms with E-state index in [0.29, 0.717) is 0 Å². The van der Waals surface area contributed by atoms with E-state index in [1.165, 1.54) is 6.42 Å². The van der Waals surface area contributed by atoms with Crippen molar-refractivity contribution in [2.24, 2.45) is 0 Å². The van der Waals surface area contributed by atoms with Crippen LogP contribution in [0.25, 0.3) is 0 Å². The Hall–Kier alpha value is -2.57. The van der Waals surface area contributed by atoms with Crippen LogP contribution in [-0.2, 0) is 14.3 Å². The van der Waals surface area contributed by atoms with Crippen molar-refractivity contribution in [3.05, 3.63) is 34.9 Å². The Bertz CT molecular complexity index is 908. The van der Waals surface area contributed by atoms with Gasteiger partial charge < -0.3 is 20.3 Å². The van der Waals surface area contributed by atoms with Crippen LogP contribution in [-0.4, -0.2) is 46.0 Å². The summed E-state index contributed by atoms with van der Waals surface area (Å²) in [6, 6.07) is 4.30. The predicted molar refractivity (Wildman–Crippen MR) is 139 cm³/mol. The minimum atomic E-state index is -0.874. The number of nitrogens with zero attached hydrogens (tertiary/aromatic N) is 1. The van der Waals surface area contributed by atoms with E-state index in [9.17, 15) is 14.4 Å². The number of alkyl carbamates (subject to hydrolysis) is 1. The van der Waals surface area contributed by atoms with Crippen molar-refractivity contribution in [3.63, 3.8) is 0 Å². The van der Waals surface area contributed by atoms with Gasteiger partial charge in [-0.1, -0.05) is 37.5 Å². The van der Waals surface area contributed by atoms with Gasteiger partial charge in [0, 0.05) is 11.6 Å². The van der Waals surface area contributed by atoms with Gasteiger partial charge in [-0.25, -0.2) is 4.79 Å².